The molecule has 3 aliphatic rings. The molecule has 0 unspecified atom stereocenters. The predicted octanol–water partition coefficient (Wildman–Crippen LogP) is 1.65. The number of nitrogens with one attached hydrogen (secondary N) is 2. The largest absolute Gasteiger partial charge is 0.445 e. The molecule has 2 heterocycles. The van der Waals surface area contributed by atoms with E-state index in [1.165, 1.54) is 0 Å². The molecule has 2 amide bonds. The van der Waals surface area contributed by atoms with E-state index in [0.29, 0.717) is 42.0 Å². The molecular formula is C16H21N3O3. The first-order chi connectivity index (χ1) is 10.6. The number of rotatable bonds is 4. The quantitative estimate of drug-likeness (QED) is 0.885. The summed E-state index contributed by atoms with van der Waals surface area (Å²) in [5, 5.41) is 6.10. The van der Waals surface area contributed by atoms with Crippen molar-refractivity contribution < 1.29 is 14.0 Å². The van der Waals surface area contributed by atoms with Gasteiger partial charge in [0.05, 0.1) is 12.1 Å². The molecule has 4 rings (SSSR count). The van der Waals surface area contributed by atoms with E-state index in [1.807, 2.05) is 0 Å². The summed E-state index contributed by atoms with van der Waals surface area (Å²) in [5.74, 6) is 2.10. The van der Waals surface area contributed by atoms with Gasteiger partial charge in [-0.15, -0.1) is 0 Å². The number of aryl methyl sites for hydroxylation is 1. The van der Waals surface area contributed by atoms with Gasteiger partial charge in [-0.25, -0.2) is 4.98 Å². The van der Waals surface area contributed by atoms with Crippen LogP contribution in [-0.4, -0.2) is 28.9 Å². The summed E-state index contributed by atoms with van der Waals surface area (Å²) in [7, 11) is 0. The van der Waals surface area contributed by atoms with Crippen molar-refractivity contribution in [2.75, 3.05) is 0 Å². The summed E-state index contributed by atoms with van der Waals surface area (Å²) < 4.78 is 5.61. The number of piperidine rings is 1. The Bertz CT molecular complexity index is 616. The topological polar surface area (TPSA) is 84.2 Å². The minimum Gasteiger partial charge on any atom is -0.445 e. The highest BCUT2D eigenvalue weighted by Gasteiger charge is 2.41. The van der Waals surface area contributed by atoms with E-state index in [-0.39, 0.29) is 23.9 Å². The SMILES string of the molecule is Cc1oc(C2CC2)nc1C(=O)N[C@@H]1CCC(=O)N[C@H]1C1CC1. The molecular weight excluding hydrogens is 282 g/mol. The Morgan fingerprint density at radius 3 is 2.73 bits per heavy atom. The number of carbonyl (C=O) groups excluding carboxylic acids is 2. The van der Waals surface area contributed by atoms with E-state index < -0.39 is 0 Å². The van der Waals surface area contributed by atoms with Gasteiger partial charge in [0, 0.05) is 12.3 Å². The predicted molar refractivity (Wildman–Crippen MR) is 78.4 cm³/mol. The van der Waals surface area contributed by atoms with E-state index in [1.54, 1.807) is 6.92 Å². The molecule has 0 bridgehead atoms. The van der Waals surface area contributed by atoms with Gasteiger partial charge in [0.25, 0.3) is 5.91 Å². The smallest absolute Gasteiger partial charge is 0.273 e. The van der Waals surface area contributed by atoms with Gasteiger partial charge in [-0.3, -0.25) is 9.59 Å². The third kappa shape index (κ3) is 2.62. The molecule has 1 saturated heterocycles. The standard InChI is InChI=1S/C16H21N3O3/c1-8-13(19-16(22-8)10-4-5-10)15(21)17-11-6-7-12(20)18-14(11)9-2-3-9/h9-11,14H,2-7H2,1H3,(H,17,21)(H,18,20)/t11-,14+/m1/s1. The number of amides is 2. The Hall–Kier alpha value is -1.85. The van der Waals surface area contributed by atoms with Gasteiger partial charge in [0.1, 0.15) is 5.76 Å². The lowest BCUT2D eigenvalue weighted by Crippen LogP contribution is -2.56. The molecule has 1 aromatic heterocycles. The molecule has 1 aromatic rings. The lowest BCUT2D eigenvalue weighted by atomic mass is 9.94. The van der Waals surface area contributed by atoms with Crippen LogP contribution in [0.25, 0.3) is 0 Å². The number of hydrogen-bond donors (Lipinski definition) is 2. The van der Waals surface area contributed by atoms with Gasteiger partial charge in [-0.05, 0) is 44.9 Å². The Morgan fingerprint density at radius 2 is 2.05 bits per heavy atom. The van der Waals surface area contributed by atoms with Crippen LogP contribution in [0.3, 0.4) is 0 Å². The third-order valence-electron chi connectivity index (χ3n) is 4.84. The summed E-state index contributed by atoms with van der Waals surface area (Å²) in [4.78, 5) is 28.5. The normalized spacial score (nSPS) is 28.3. The zero-order chi connectivity index (χ0) is 15.3. The van der Waals surface area contributed by atoms with Gasteiger partial charge in [0.15, 0.2) is 11.6 Å². The highest BCUT2D eigenvalue weighted by molar-refractivity contribution is 5.93. The molecule has 6 nitrogen and oxygen atoms in total. The minimum atomic E-state index is -0.181. The molecule has 118 valence electrons. The van der Waals surface area contributed by atoms with E-state index in [9.17, 15) is 9.59 Å². The van der Waals surface area contributed by atoms with Crippen molar-refractivity contribution >= 4 is 11.8 Å². The van der Waals surface area contributed by atoms with Gasteiger partial charge >= 0.3 is 0 Å². The van der Waals surface area contributed by atoms with Crippen LogP contribution < -0.4 is 10.6 Å². The molecule has 3 fully saturated rings. The van der Waals surface area contributed by atoms with Crippen LogP contribution in [0.1, 0.15) is 66.6 Å². The molecule has 2 aliphatic carbocycles. The molecule has 2 saturated carbocycles. The second-order valence-corrected chi connectivity index (χ2v) is 6.78. The van der Waals surface area contributed by atoms with Crippen LogP contribution in [-0.2, 0) is 4.79 Å². The van der Waals surface area contributed by atoms with Crippen LogP contribution in [0.4, 0.5) is 0 Å². The lowest BCUT2D eigenvalue weighted by Gasteiger charge is -2.32. The van der Waals surface area contributed by atoms with Crippen LogP contribution in [0.5, 0.6) is 0 Å². The Morgan fingerprint density at radius 1 is 1.27 bits per heavy atom. The first-order valence-electron chi connectivity index (χ1n) is 8.19. The Labute approximate surface area is 129 Å². The fraction of sp³-hybridized carbons (Fsp3) is 0.688. The highest BCUT2D eigenvalue weighted by atomic mass is 16.4. The fourth-order valence-corrected chi connectivity index (χ4v) is 3.26. The van der Waals surface area contributed by atoms with E-state index in [4.69, 9.17) is 4.42 Å². The van der Waals surface area contributed by atoms with Crippen LogP contribution in [0, 0.1) is 12.8 Å². The lowest BCUT2D eigenvalue weighted by molar-refractivity contribution is -0.124. The number of hydrogen-bond acceptors (Lipinski definition) is 4. The second kappa shape index (κ2) is 5.11. The second-order valence-electron chi connectivity index (χ2n) is 6.78. The molecule has 22 heavy (non-hydrogen) atoms. The fourth-order valence-electron chi connectivity index (χ4n) is 3.26. The zero-order valence-electron chi connectivity index (χ0n) is 12.7. The van der Waals surface area contributed by atoms with Crippen molar-refractivity contribution in [2.24, 2.45) is 5.92 Å². The highest BCUT2D eigenvalue weighted by Crippen LogP contribution is 2.40. The molecule has 2 atom stereocenters. The molecule has 0 aromatic carbocycles. The van der Waals surface area contributed by atoms with Crippen molar-refractivity contribution in [1.29, 1.82) is 0 Å². The average Bonchev–Trinajstić information content (AvgIpc) is 3.38. The number of carbonyl (C=O) groups is 2. The monoisotopic (exact) mass is 303 g/mol. The number of nitrogens with zero attached hydrogens (tertiary/aromatic N) is 1. The summed E-state index contributed by atoms with van der Waals surface area (Å²) >= 11 is 0. The van der Waals surface area contributed by atoms with Crippen LogP contribution >= 0.6 is 0 Å². The van der Waals surface area contributed by atoms with E-state index in [0.717, 1.165) is 25.7 Å². The summed E-state index contributed by atoms with van der Waals surface area (Å²) in [5.41, 5.74) is 0.397. The Balaban J connectivity index is 1.47. The van der Waals surface area contributed by atoms with Gasteiger partial charge in [-0.2, -0.15) is 0 Å². The molecule has 0 spiro atoms. The maximum atomic E-state index is 12.5. The van der Waals surface area contributed by atoms with Crippen LogP contribution in [0.15, 0.2) is 4.42 Å². The van der Waals surface area contributed by atoms with Crippen molar-refractivity contribution in [3.63, 3.8) is 0 Å². The first-order valence-corrected chi connectivity index (χ1v) is 8.19. The summed E-state index contributed by atoms with van der Waals surface area (Å²) in [6, 6.07) is 0.0680. The Kier molecular flexibility index (Phi) is 3.20. The first kappa shape index (κ1) is 13.8. The van der Waals surface area contributed by atoms with Crippen molar-refractivity contribution in [1.82, 2.24) is 15.6 Å². The number of aromatic nitrogens is 1. The van der Waals surface area contributed by atoms with E-state index in [2.05, 4.69) is 15.6 Å². The van der Waals surface area contributed by atoms with Crippen LogP contribution in [0.2, 0.25) is 0 Å². The van der Waals surface area contributed by atoms with Crippen molar-refractivity contribution in [3.05, 3.63) is 17.3 Å². The summed E-state index contributed by atoms with van der Waals surface area (Å²) in [6.07, 6.45) is 5.63. The minimum absolute atomic E-state index is 0.00169. The molecule has 2 N–H and O–H groups in total. The third-order valence-corrected chi connectivity index (χ3v) is 4.84. The molecule has 6 heteroatoms. The zero-order valence-corrected chi connectivity index (χ0v) is 12.7. The summed E-state index contributed by atoms with van der Waals surface area (Å²) in [6.45, 7) is 1.79. The van der Waals surface area contributed by atoms with Gasteiger partial charge < -0.3 is 15.1 Å². The molecule has 1 aliphatic heterocycles. The maximum absolute atomic E-state index is 12.5. The van der Waals surface area contributed by atoms with E-state index >= 15 is 0 Å². The molecule has 0 radical (unpaired) electrons. The van der Waals surface area contributed by atoms with Crippen molar-refractivity contribution in [3.8, 4) is 0 Å². The average molecular weight is 303 g/mol. The van der Waals surface area contributed by atoms with Gasteiger partial charge in [0.2, 0.25) is 5.91 Å². The van der Waals surface area contributed by atoms with Crippen molar-refractivity contribution in [2.45, 2.75) is 63.5 Å². The number of oxazole rings is 1. The maximum Gasteiger partial charge on any atom is 0.273 e. The van der Waals surface area contributed by atoms with Gasteiger partial charge in [-0.1, -0.05) is 0 Å².